The maximum absolute atomic E-state index is 11.7. The van der Waals surface area contributed by atoms with Gasteiger partial charge in [-0.2, -0.15) is 0 Å². The molecule has 3 N–H and O–H groups in total. The van der Waals surface area contributed by atoms with E-state index in [0.717, 1.165) is 12.8 Å². The van der Waals surface area contributed by atoms with Crippen LogP contribution in [0.2, 0.25) is 0 Å². The number of amides is 2. The van der Waals surface area contributed by atoms with Crippen molar-refractivity contribution < 1.29 is 14.7 Å². The highest BCUT2D eigenvalue weighted by Gasteiger charge is 2.22. The van der Waals surface area contributed by atoms with Crippen LogP contribution in [-0.2, 0) is 4.79 Å². The quantitative estimate of drug-likeness (QED) is 0.579. The number of hydrogen-bond donors (Lipinski definition) is 3. The van der Waals surface area contributed by atoms with Crippen LogP contribution in [0.3, 0.4) is 0 Å². The Labute approximate surface area is 128 Å². The molecule has 0 aromatic rings. The van der Waals surface area contributed by atoms with Gasteiger partial charge in [-0.3, -0.25) is 4.79 Å². The summed E-state index contributed by atoms with van der Waals surface area (Å²) in [5, 5.41) is 14.4. The van der Waals surface area contributed by atoms with E-state index in [9.17, 15) is 9.59 Å². The second-order valence-corrected chi connectivity index (χ2v) is 6.75. The van der Waals surface area contributed by atoms with Crippen molar-refractivity contribution in [2.24, 2.45) is 17.3 Å². The number of carboxylic acid groups (broad SMARTS) is 1. The van der Waals surface area contributed by atoms with E-state index in [1.807, 2.05) is 0 Å². The van der Waals surface area contributed by atoms with Crippen molar-refractivity contribution in [3.05, 3.63) is 0 Å². The molecule has 21 heavy (non-hydrogen) atoms. The second-order valence-electron chi connectivity index (χ2n) is 6.75. The van der Waals surface area contributed by atoms with Gasteiger partial charge in [-0.1, -0.05) is 41.0 Å². The van der Waals surface area contributed by atoms with Gasteiger partial charge in [0.05, 0.1) is 0 Å². The predicted octanol–water partition coefficient (Wildman–Crippen LogP) is 3.25. The molecule has 0 radical (unpaired) electrons. The number of carbonyl (C=O) groups excluding carboxylic acids is 1. The van der Waals surface area contributed by atoms with Crippen molar-refractivity contribution in [3.8, 4) is 0 Å². The van der Waals surface area contributed by atoms with Crippen LogP contribution in [0.1, 0.15) is 60.3 Å². The molecular formula is C16H32N2O3. The molecule has 0 spiro atoms. The Balaban J connectivity index is 3.90. The minimum absolute atomic E-state index is 0.0742. The third-order valence-corrected chi connectivity index (χ3v) is 4.45. The summed E-state index contributed by atoms with van der Waals surface area (Å²) in [4.78, 5) is 22.3. The third-order valence-electron chi connectivity index (χ3n) is 4.45. The molecule has 0 aliphatic carbocycles. The summed E-state index contributed by atoms with van der Waals surface area (Å²) in [5.74, 6) is 0.0989. The summed E-state index contributed by atoms with van der Waals surface area (Å²) in [6.07, 6.45) is 2.64. The van der Waals surface area contributed by atoms with E-state index in [2.05, 4.69) is 45.3 Å². The Morgan fingerprint density at radius 3 is 2.24 bits per heavy atom. The highest BCUT2D eigenvalue weighted by Crippen LogP contribution is 2.24. The number of hydrogen-bond acceptors (Lipinski definition) is 2. The minimum Gasteiger partial charge on any atom is -0.481 e. The number of carbonyl (C=O) groups is 2. The molecule has 0 aliphatic heterocycles. The van der Waals surface area contributed by atoms with Crippen LogP contribution in [-0.4, -0.2) is 30.2 Å². The molecule has 1 unspecified atom stereocenters. The zero-order chi connectivity index (χ0) is 16.5. The van der Waals surface area contributed by atoms with E-state index in [1.54, 1.807) is 0 Å². The zero-order valence-electron chi connectivity index (χ0n) is 14.2. The van der Waals surface area contributed by atoms with E-state index < -0.39 is 5.97 Å². The predicted molar refractivity (Wildman–Crippen MR) is 85.3 cm³/mol. The first-order chi connectivity index (χ1) is 9.69. The number of aliphatic carboxylic acids is 1. The number of urea groups is 1. The maximum atomic E-state index is 11.7. The molecule has 0 rings (SSSR count). The van der Waals surface area contributed by atoms with E-state index in [-0.39, 0.29) is 17.9 Å². The van der Waals surface area contributed by atoms with E-state index >= 15 is 0 Å². The van der Waals surface area contributed by atoms with Gasteiger partial charge in [-0.25, -0.2) is 4.79 Å². The minimum atomic E-state index is -0.755. The summed E-state index contributed by atoms with van der Waals surface area (Å²) in [7, 11) is 0. The van der Waals surface area contributed by atoms with Crippen LogP contribution in [0, 0.1) is 17.3 Å². The molecule has 0 bridgehead atoms. The SMILES string of the molecule is CCC(CCNC(=O)NCC(C)(C)C(C)C)CCC(=O)O. The first-order valence-electron chi connectivity index (χ1n) is 7.92. The number of nitrogens with one attached hydrogen (secondary N) is 2. The van der Waals surface area contributed by atoms with E-state index in [4.69, 9.17) is 5.11 Å². The van der Waals surface area contributed by atoms with Crippen LogP contribution in [0.15, 0.2) is 0 Å². The van der Waals surface area contributed by atoms with Crippen LogP contribution < -0.4 is 10.6 Å². The molecular weight excluding hydrogens is 268 g/mol. The molecule has 0 aromatic heterocycles. The molecule has 124 valence electrons. The molecule has 0 fully saturated rings. The van der Waals surface area contributed by atoms with Crippen molar-refractivity contribution in [1.29, 1.82) is 0 Å². The third kappa shape index (κ3) is 9.32. The van der Waals surface area contributed by atoms with Crippen LogP contribution >= 0.6 is 0 Å². The Kier molecular flexibility index (Phi) is 9.06. The van der Waals surface area contributed by atoms with Gasteiger partial charge < -0.3 is 15.7 Å². The Morgan fingerprint density at radius 2 is 1.76 bits per heavy atom. The van der Waals surface area contributed by atoms with Gasteiger partial charge >= 0.3 is 12.0 Å². The highest BCUT2D eigenvalue weighted by molar-refractivity contribution is 5.73. The number of rotatable bonds is 10. The molecule has 0 aliphatic rings. The summed E-state index contributed by atoms with van der Waals surface area (Å²) < 4.78 is 0. The number of carboxylic acids is 1. The molecule has 1 atom stereocenters. The zero-order valence-corrected chi connectivity index (χ0v) is 14.2. The molecule has 2 amide bonds. The molecule has 0 saturated carbocycles. The monoisotopic (exact) mass is 300 g/mol. The van der Waals surface area contributed by atoms with E-state index in [1.165, 1.54) is 0 Å². The van der Waals surface area contributed by atoms with Crippen LogP contribution in [0.25, 0.3) is 0 Å². The lowest BCUT2D eigenvalue weighted by Crippen LogP contribution is -2.42. The summed E-state index contributed by atoms with van der Waals surface area (Å²) in [5.41, 5.74) is 0.0742. The Morgan fingerprint density at radius 1 is 1.14 bits per heavy atom. The van der Waals surface area contributed by atoms with Gasteiger partial charge in [0.1, 0.15) is 0 Å². The Hall–Kier alpha value is -1.26. The van der Waals surface area contributed by atoms with Crippen molar-refractivity contribution in [2.75, 3.05) is 13.1 Å². The van der Waals surface area contributed by atoms with Crippen LogP contribution in [0.4, 0.5) is 4.79 Å². The molecule has 5 nitrogen and oxygen atoms in total. The van der Waals surface area contributed by atoms with Gasteiger partial charge in [0.15, 0.2) is 0 Å². The van der Waals surface area contributed by atoms with Crippen molar-refractivity contribution in [3.63, 3.8) is 0 Å². The summed E-state index contributed by atoms with van der Waals surface area (Å²) >= 11 is 0. The first kappa shape index (κ1) is 19.7. The largest absolute Gasteiger partial charge is 0.481 e. The van der Waals surface area contributed by atoms with Gasteiger partial charge in [-0.15, -0.1) is 0 Å². The average Bonchev–Trinajstić information content (AvgIpc) is 2.40. The summed E-state index contributed by atoms with van der Waals surface area (Å²) in [6, 6.07) is -0.142. The fraction of sp³-hybridized carbons (Fsp3) is 0.875. The molecule has 0 heterocycles. The topological polar surface area (TPSA) is 78.4 Å². The fourth-order valence-corrected chi connectivity index (χ4v) is 1.84. The standard InChI is InChI=1S/C16H32N2O3/c1-6-13(7-8-14(19)20)9-10-17-15(21)18-11-16(4,5)12(2)3/h12-13H,6-11H2,1-5H3,(H,19,20)(H2,17,18,21). The van der Waals surface area contributed by atoms with Gasteiger partial charge in [0, 0.05) is 19.5 Å². The molecule has 0 aromatic carbocycles. The highest BCUT2D eigenvalue weighted by atomic mass is 16.4. The second kappa shape index (κ2) is 9.64. The van der Waals surface area contributed by atoms with Gasteiger partial charge in [-0.05, 0) is 30.1 Å². The Bertz CT molecular complexity index is 327. The lowest BCUT2D eigenvalue weighted by Gasteiger charge is -2.29. The normalized spacial score (nSPS) is 13.0. The molecule has 0 saturated heterocycles. The van der Waals surface area contributed by atoms with Crippen molar-refractivity contribution in [1.82, 2.24) is 10.6 Å². The van der Waals surface area contributed by atoms with Crippen LogP contribution in [0.5, 0.6) is 0 Å². The molecule has 5 heteroatoms. The maximum Gasteiger partial charge on any atom is 0.314 e. The van der Waals surface area contributed by atoms with Gasteiger partial charge in [0.2, 0.25) is 0 Å². The average molecular weight is 300 g/mol. The van der Waals surface area contributed by atoms with Crippen molar-refractivity contribution in [2.45, 2.75) is 60.3 Å². The summed E-state index contributed by atoms with van der Waals surface area (Å²) in [6.45, 7) is 11.9. The lowest BCUT2D eigenvalue weighted by molar-refractivity contribution is -0.137. The fourth-order valence-electron chi connectivity index (χ4n) is 1.84. The van der Waals surface area contributed by atoms with Gasteiger partial charge in [0.25, 0.3) is 0 Å². The van der Waals surface area contributed by atoms with E-state index in [0.29, 0.717) is 31.3 Å². The first-order valence-corrected chi connectivity index (χ1v) is 7.92. The van der Waals surface area contributed by atoms with Crippen molar-refractivity contribution >= 4 is 12.0 Å². The lowest BCUT2D eigenvalue weighted by atomic mass is 9.81. The smallest absolute Gasteiger partial charge is 0.314 e.